The molecule has 3 nitrogen and oxygen atoms in total. The van der Waals surface area contributed by atoms with Gasteiger partial charge in [0.2, 0.25) is 0 Å². The maximum absolute atomic E-state index is 5.95. The van der Waals surface area contributed by atoms with E-state index in [4.69, 9.17) is 16.4 Å². The van der Waals surface area contributed by atoms with Crippen molar-refractivity contribution in [1.82, 2.24) is 4.98 Å². The highest BCUT2D eigenvalue weighted by Crippen LogP contribution is 2.14. The summed E-state index contributed by atoms with van der Waals surface area (Å²) in [5.74, 6) is 0. The first-order valence-corrected chi connectivity index (χ1v) is 8.05. The Morgan fingerprint density at radius 1 is 1.09 bits per heavy atom. The summed E-state index contributed by atoms with van der Waals surface area (Å²) in [5, 5.41) is 5.03. The van der Waals surface area contributed by atoms with Crippen molar-refractivity contribution in [3.05, 3.63) is 64.9 Å². The van der Waals surface area contributed by atoms with Crippen LogP contribution in [0.25, 0.3) is 0 Å². The summed E-state index contributed by atoms with van der Waals surface area (Å²) in [6.07, 6.45) is 8.19. The summed E-state index contributed by atoms with van der Waals surface area (Å²) < 4.78 is 0. The molecule has 0 atom stereocenters. The average Bonchev–Trinajstić information content (AvgIpc) is 2.56. The zero-order chi connectivity index (χ0) is 15.6. The Balaban J connectivity index is 2.10. The lowest BCUT2D eigenvalue weighted by atomic mass is 10.0. The molecule has 4 heteroatoms. The van der Waals surface area contributed by atoms with Crippen LogP contribution in [-0.2, 0) is 4.84 Å². The third-order valence-corrected chi connectivity index (χ3v) is 3.55. The number of unbranched alkanes of at least 4 members (excludes halogenated alkanes) is 3. The second kappa shape index (κ2) is 9.21. The molecule has 2 rings (SSSR count). The van der Waals surface area contributed by atoms with Crippen molar-refractivity contribution < 1.29 is 4.84 Å². The molecular weight excluding hydrogens is 296 g/mol. The second-order valence-electron chi connectivity index (χ2n) is 5.08. The number of hydrogen-bond acceptors (Lipinski definition) is 3. The Morgan fingerprint density at radius 3 is 2.59 bits per heavy atom. The zero-order valence-corrected chi connectivity index (χ0v) is 13.6. The predicted molar refractivity (Wildman–Crippen MR) is 91.4 cm³/mol. The van der Waals surface area contributed by atoms with Crippen LogP contribution in [0.15, 0.2) is 53.9 Å². The van der Waals surface area contributed by atoms with Crippen LogP contribution in [0.2, 0.25) is 5.02 Å². The minimum atomic E-state index is 0.636. The summed E-state index contributed by atoms with van der Waals surface area (Å²) in [5.41, 5.74) is 2.67. The van der Waals surface area contributed by atoms with Crippen molar-refractivity contribution in [2.75, 3.05) is 6.61 Å². The smallest absolute Gasteiger partial charge is 0.118 e. The fraction of sp³-hybridized carbons (Fsp3) is 0.333. The fourth-order valence-electron chi connectivity index (χ4n) is 2.09. The van der Waals surface area contributed by atoms with Gasteiger partial charge in [0.15, 0.2) is 0 Å². The van der Waals surface area contributed by atoms with Gasteiger partial charge >= 0.3 is 0 Å². The summed E-state index contributed by atoms with van der Waals surface area (Å²) in [4.78, 5) is 9.66. The van der Waals surface area contributed by atoms with E-state index >= 15 is 0 Å². The van der Waals surface area contributed by atoms with Crippen LogP contribution in [0, 0.1) is 0 Å². The van der Waals surface area contributed by atoms with Gasteiger partial charge in [0.1, 0.15) is 12.3 Å². The number of aromatic nitrogens is 1. The van der Waals surface area contributed by atoms with E-state index in [1.807, 2.05) is 36.4 Å². The molecule has 0 aliphatic carbocycles. The Labute approximate surface area is 137 Å². The summed E-state index contributed by atoms with van der Waals surface area (Å²) >= 11 is 5.95. The van der Waals surface area contributed by atoms with Gasteiger partial charge < -0.3 is 4.84 Å². The second-order valence-corrected chi connectivity index (χ2v) is 5.52. The monoisotopic (exact) mass is 316 g/mol. The number of benzene rings is 1. The van der Waals surface area contributed by atoms with Gasteiger partial charge in [-0.1, -0.05) is 48.7 Å². The molecule has 0 unspecified atom stereocenters. The molecule has 0 amide bonds. The first-order chi connectivity index (χ1) is 10.8. The van der Waals surface area contributed by atoms with E-state index in [1.165, 1.54) is 19.3 Å². The number of rotatable bonds is 8. The molecule has 116 valence electrons. The van der Waals surface area contributed by atoms with Crippen LogP contribution in [0.5, 0.6) is 0 Å². The fourth-order valence-corrected chi connectivity index (χ4v) is 2.21. The molecule has 1 aromatic carbocycles. The van der Waals surface area contributed by atoms with Crippen LogP contribution >= 0.6 is 11.6 Å². The Morgan fingerprint density at radius 2 is 1.91 bits per heavy atom. The largest absolute Gasteiger partial charge is 0.395 e. The van der Waals surface area contributed by atoms with E-state index in [9.17, 15) is 0 Å². The minimum absolute atomic E-state index is 0.636. The molecule has 0 bridgehead atoms. The third-order valence-electron chi connectivity index (χ3n) is 3.30. The molecule has 2 aromatic rings. The molecule has 1 heterocycles. The molecule has 22 heavy (non-hydrogen) atoms. The highest BCUT2D eigenvalue weighted by atomic mass is 35.5. The standard InChI is InChI=1S/C18H21ClN2O/c1-2-3-4-5-13-22-21-18(16-7-6-12-20-14-16)15-8-10-17(19)11-9-15/h6-12,14H,2-5,13H2,1H3. The third kappa shape index (κ3) is 5.15. The topological polar surface area (TPSA) is 34.5 Å². The van der Waals surface area contributed by atoms with Crippen LogP contribution < -0.4 is 0 Å². The van der Waals surface area contributed by atoms with Crippen molar-refractivity contribution in [3.63, 3.8) is 0 Å². The molecular formula is C18H21ClN2O. The zero-order valence-electron chi connectivity index (χ0n) is 12.8. The van der Waals surface area contributed by atoms with Crippen LogP contribution in [0.3, 0.4) is 0 Å². The molecule has 0 N–H and O–H groups in total. The van der Waals surface area contributed by atoms with Crippen molar-refractivity contribution in [2.24, 2.45) is 5.16 Å². The van der Waals surface area contributed by atoms with E-state index in [1.54, 1.807) is 12.4 Å². The lowest BCUT2D eigenvalue weighted by Gasteiger charge is -2.07. The first-order valence-electron chi connectivity index (χ1n) is 7.67. The molecule has 0 fully saturated rings. The maximum Gasteiger partial charge on any atom is 0.118 e. The number of hydrogen-bond donors (Lipinski definition) is 0. The molecule has 0 saturated carbocycles. The van der Waals surface area contributed by atoms with Crippen molar-refractivity contribution in [2.45, 2.75) is 32.6 Å². The Hall–Kier alpha value is -1.87. The summed E-state index contributed by atoms with van der Waals surface area (Å²) in [6, 6.07) is 11.4. The van der Waals surface area contributed by atoms with Gasteiger partial charge in [0.25, 0.3) is 0 Å². The Bertz CT molecular complexity index is 582. The van der Waals surface area contributed by atoms with Crippen LogP contribution in [0.4, 0.5) is 0 Å². The highest BCUT2D eigenvalue weighted by Gasteiger charge is 2.08. The van der Waals surface area contributed by atoms with E-state index in [2.05, 4.69) is 17.1 Å². The first kappa shape index (κ1) is 16.5. The van der Waals surface area contributed by atoms with E-state index < -0.39 is 0 Å². The Kier molecular flexibility index (Phi) is 6.91. The van der Waals surface area contributed by atoms with Gasteiger partial charge in [-0.15, -0.1) is 0 Å². The highest BCUT2D eigenvalue weighted by molar-refractivity contribution is 6.30. The number of nitrogens with zero attached hydrogens (tertiary/aromatic N) is 2. The quantitative estimate of drug-likeness (QED) is 0.386. The molecule has 0 radical (unpaired) electrons. The van der Waals surface area contributed by atoms with E-state index in [-0.39, 0.29) is 0 Å². The van der Waals surface area contributed by atoms with Crippen LogP contribution in [-0.4, -0.2) is 17.3 Å². The predicted octanol–water partition coefficient (Wildman–Crippen LogP) is 5.08. The molecule has 0 saturated heterocycles. The van der Waals surface area contributed by atoms with Gasteiger partial charge in [-0.3, -0.25) is 4.98 Å². The molecule has 0 aliphatic rings. The van der Waals surface area contributed by atoms with Gasteiger partial charge in [-0.05, 0) is 37.1 Å². The van der Waals surface area contributed by atoms with Gasteiger partial charge in [0, 0.05) is 28.5 Å². The van der Waals surface area contributed by atoms with Gasteiger partial charge in [-0.25, -0.2) is 0 Å². The van der Waals surface area contributed by atoms with E-state index in [0.29, 0.717) is 11.6 Å². The van der Waals surface area contributed by atoms with Crippen molar-refractivity contribution in [3.8, 4) is 0 Å². The number of pyridine rings is 1. The number of halogens is 1. The minimum Gasteiger partial charge on any atom is -0.395 e. The maximum atomic E-state index is 5.95. The molecule has 0 aliphatic heterocycles. The van der Waals surface area contributed by atoms with E-state index in [0.717, 1.165) is 23.3 Å². The van der Waals surface area contributed by atoms with Gasteiger partial charge in [-0.2, -0.15) is 0 Å². The van der Waals surface area contributed by atoms with Crippen molar-refractivity contribution >= 4 is 17.3 Å². The lowest BCUT2D eigenvalue weighted by Crippen LogP contribution is -2.05. The molecule has 0 spiro atoms. The molecule has 1 aromatic heterocycles. The normalized spacial score (nSPS) is 11.5. The summed E-state index contributed by atoms with van der Waals surface area (Å²) in [6.45, 7) is 2.83. The van der Waals surface area contributed by atoms with Crippen LogP contribution in [0.1, 0.15) is 43.7 Å². The average molecular weight is 317 g/mol. The van der Waals surface area contributed by atoms with Crippen molar-refractivity contribution in [1.29, 1.82) is 0 Å². The SMILES string of the molecule is CCCCCCON=C(c1ccc(Cl)cc1)c1cccnc1. The van der Waals surface area contributed by atoms with Gasteiger partial charge in [0.05, 0.1) is 0 Å². The lowest BCUT2D eigenvalue weighted by molar-refractivity contribution is 0.140. The summed E-state index contributed by atoms with van der Waals surface area (Å²) in [7, 11) is 0. The number of oxime groups is 1.